The third-order valence-electron chi connectivity index (χ3n) is 2.14. The second-order valence-corrected chi connectivity index (χ2v) is 2.77. The van der Waals surface area contributed by atoms with Crippen LogP contribution in [0.3, 0.4) is 0 Å². The molecule has 0 radical (unpaired) electrons. The fraction of sp³-hybridized carbons (Fsp3) is 0.750. The molecule has 1 rings (SSSR count). The Kier molecular flexibility index (Phi) is 2.31. The van der Waals surface area contributed by atoms with Gasteiger partial charge in [-0.3, -0.25) is 4.90 Å². The van der Waals surface area contributed by atoms with Crippen LogP contribution in [-0.2, 0) is 0 Å². The van der Waals surface area contributed by atoms with E-state index >= 15 is 0 Å². The third kappa shape index (κ3) is 1.31. The molecular weight excluding hydrogens is 126 g/mol. The van der Waals surface area contributed by atoms with Crippen molar-refractivity contribution < 1.29 is 5.11 Å². The Labute approximate surface area is 61.8 Å². The van der Waals surface area contributed by atoms with Gasteiger partial charge >= 0.3 is 0 Å². The summed E-state index contributed by atoms with van der Waals surface area (Å²) in [4.78, 5) is 2.12. The first-order valence-corrected chi connectivity index (χ1v) is 3.61. The Morgan fingerprint density at radius 3 is 2.90 bits per heavy atom. The monoisotopic (exact) mass is 139 g/mol. The van der Waals surface area contributed by atoms with Crippen LogP contribution in [0, 0.1) is 12.3 Å². The number of aliphatic hydroxyl groups is 1. The van der Waals surface area contributed by atoms with Gasteiger partial charge in [-0.25, -0.2) is 0 Å². The van der Waals surface area contributed by atoms with Gasteiger partial charge in [-0.2, -0.15) is 0 Å². The number of aliphatic hydroxyl groups excluding tert-OH is 1. The highest BCUT2D eigenvalue weighted by Gasteiger charge is 2.27. The van der Waals surface area contributed by atoms with E-state index < -0.39 is 0 Å². The molecule has 0 spiro atoms. The minimum atomic E-state index is -0.173. The highest BCUT2D eigenvalue weighted by Crippen LogP contribution is 2.15. The van der Waals surface area contributed by atoms with E-state index in [9.17, 15) is 5.11 Å². The van der Waals surface area contributed by atoms with Crippen molar-refractivity contribution in [3.8, 4) is 12.3 Å². The summed E-state index contributed by atoms with van der Waals surface area (Å²) in [7, 11) is 0. The van der Waals surface area contributed by atoms with Gasteiger partial charge in [0.05, 0.1) is 12.6 Å². The molecule has 0 bridgehead atoms. The van der Waals surface area contributed by atoms with E-state index in [1.54, 1.807) is 0 Å². The molecule has 2 atom stereocenters. The Hall–Kier alpha value is -0.520. The summed E-state index contributed by atoms with van der Waals surface area (Å²) in [6.45, 7) is 3.61. The molecule has 1 saturated heterocycles. The van der Waals surface area contributed by atoms with Crippen molar-refractivity contribution in [3.63, 3.8) is 0 Å². The largest absolute Gasteiger partial charge is 0.391 e. The van der Waals surface area contributed by atoms with Gasteiger partial charge < -0.3 is 5.11 Å². The summed E-state index contributed by atoms with van der Waals surface area (Å²) in [5.74, 6) is 2.58. The molecule has 0 saturated carbocycles. The molecule has 0 aromatic carbocycles. The lowest BCUT2D eigenvalue weighted by Gasteiger charge is -2.18. The number of likely N-dealkylation sites (tertiary alicyclic amines) is 1. The smallest absolute Gasteiger partial charge is 0.0705 e. The first kappa shape index (κ1) is 7.59. The molecule has 1 fully saturated rings. The maximum absolute atomic E-state index is 9.28. The van der Waals surface area contributed by atoms with Gasteiger partial charge in [0, 0.05) is 12.6 Å². The van der Waals surface area contributed by atoms with Crippen LogP contribution in [-0.4, -0.2) is 35.2 Å². The molecule has 10 heavy (non-hydrogen) atoms. The molecule has 0 aromatic rings. The van der Waals surface area contributed by atoms with Crippen LogP contribution in [0.2, 0.25) is 0 Å². The number of hydrogen-bond donors (Lipinski definition) is 1. The second kappa shape index (κ2) is 3.05. The molecule has 0 aromatic heterocycles. The van der Waals surface area contributed by atoms with Crippen LogP contribution < -0.4 is 0 Å². The van der Waals surface area contributed by atoms with E-state index in [-0.39, 0.29) is 12.1 Å². The molecule has 0 unspecified atom stereocenters. The maximum Gasteiger partial charge on any atom is 0.0705 e. The van der Waals surface area contributed by atoms with Crippen LogP contribution in [0.1, 0.15) is 13.3 Å². The minimum Gasteiger partial charge on any atom is -0.391 e. The van der Waals surface area contributed by atoms with Crippen LogP contribution in [0.25, 0.3) is 0 Å². The Bertz CT molecular complexity index is 150. The van der Waals surface area contributed by atoms with Gasteiger partial charge in [0.25, 0.3) is 0 Å². The van der Waals surface area contributed by atoms with Gasteiger partial charge in [0.1, 0.15) is 0 Å². The fourth-order valence-electron chi connectivity index (χ4n) is 1.33. The molecule has 2 heteroatoms. The predicted molar refractivity (Wildman–Crippen MR) is 40.5 cm³/mol. The molecule has 0 amide bonds. The second-order valence-electron chi connectivity index (χ2n) is 2.77. The van der Waals surface area contributed by atoms with E-state index in [1.807, 2.05) is 6.92 Å². The fourth-order valence-corrected chi connectivity index (χ4v) is 1.33. The van der Waals surface area contributed by atoms with E-state index in [1.165, 1.54) is 0 Å². The summed E-state index contributed by atoms with van der Waals surface area (Å²) in [6, 6.07) is 0.246. The highest BCUT2D eigenvalue weighted by atomic mass is 16.3. The van der Waals surface area contributed by atoms with E-state index in [2.05, 4.69) is 10.8 Å². The average molecular weight is 139 g/mol. The van der Waals surface area contributed by atoms with Crippen LogP contribution >= 0.6 is 0 Å². The predicted octanol–water partition coefficient (Wildman–Crippen LogP) is 0.0747. The van der Waals surface area contributed by atoms with Gasteiger partial charge in [-0.1, -0.05) is 5.92 Å². The number of nitrogens with zero attached hydrogens (tertiary/aromatic N) is 1. The van der Waals surface area contributed by atoms with Crippen molar-refractivity contribution in [1.82, 2.24) is 4.90 Å². The summed E-state index contributed by atoms with van der Waals surface area (Å²) in [5.41, 5.74) is 0. The number of terminal acetylenes is 1. The van der Waals surface area contributed by atoms with Gasteiger partial charge in [0.15, 0.2) is 0 Å². The van der Waals surface area contributed by atoms with E-state index in [0.717, 1.165) is 13.0 Å². The van der Waals surface area contributed by atoms with Crippen molar-refractivity contribution in [2.24, 2.45) is 0 Å². The molecule has 1 heterocycles. The van der Waals surface area contributed by atoms with Gasteiger partial charge in [-0.15, -0.1) is 6.42 Å². The first-order valence-electron chi connectivity index (χ1n) is 3.61. The minimum absolute atomic E-state index is 0.173. The topological polar surface area (TPSA) is 23.5 Å². The van der Waals surface area contributed by atoms with Crippen molar-refractivity contribution >= 4 is 0 Å². The molecule has 56 valence electrons. The van der Waals surface area contributed by atoms with Crippen molar-refractivity contribution in [1.29, 1.82) is 0 Å². The zero-order valence-electron chi connectivity index (χ0n) is 6.25. The Morgan fingerprint density at radius 2 is 2.50 bits per heavy atom. The van der Waals surface area contributed by atoms with E-state index in [4.69, 9.17) is 6.42 Å². The standard InChI is InChI=1S/C8H13NO/c1-3-5-9-6-4-8(10)7(9)2/h1,7-8,10H,4-6H2,2H3/t7-,8+/m0/s1. The van der Waals surface area contributed by atoms with E-state index in [0.29, 0.717) is 6.54 Å². The van der Waals surface area contributed by atoms with Crippen LogP contribution in [0.4, 0.5) is 0 Å². The number of hydrogen-bond acceptors (Lipinski definition) is 2. The Balaban J connectivity index is 2.43. The lowest BCUT2D eigenvalue weighted by molar-refractivity contribution is 0.132. The van der Waals surface area contributed by atoms with Crippen LogP contribution in [0.5, 0.6) is 0 Å². The highest BCUT2D eigenvalue weighted by molar-refractivity contribution is 4.94. The molecule has 1 N–H and O–H groups in total. The third-order valence-corrected chi connectivity index (χ3v) is 2.14. The average Bonchev–Trinajstić information content (AvgIpc) is 2.20. The summed E-state index contributed by atoms with van der Waals surface area (Å²) >= 11 is 0. The molecule has 0 aliphatic carbocycles. The summed E-state index contributed by atoms with van der Waals surface area (Å²) in [6.07, 6.45) is 5.83. The van der Waals surface area contributed by atoms with Crippen LogP contribution in [0.15, 0.2) is 0 Å². The molecule has 1 aliphatic heterocycles. The zero-order chi connectivity index (χ0) is 7.56. The SMILES string of the molecule is C#CCN1CC[C@@H](O)[C@@H]1C. The first-order chi connectivity index (χ1) is 4.75. The molecular formula is C8H13NO. The van der Waals surface area contributed by atoms with Crippen molar-refractivity contribution in [2.75, 3.05) is 13.1 Å². The molecule has 1 aliphatic rings. The Morgan fingerprint density at radius 1 is 1.80 bits per heavy atom. The van der Waals surface area contributed by atoms with Crippen molar-refractivity contribution in [3.05, 3.63) is 0 Å². The van der Waals surface area contributed by atoms with Gasteiger partial charge in [-0.05, 0) is 13.3 Å². The number of rotatable bonds is 1. The quantitative estimate of drug-likeness (QED) is 0.520. The summed E-state index contributed by atoms with van der Waals surface area (Å²) in [5, 5.41) is 9.28. The lowest BCUT2D eigenvalue weighted by atomic mass is 10.2. The normalized spacial score (nSPS) is 34.1. The zero-order valence-corrected chi connectivity index (χ0v) is 6.25. The molecule has 2 nitrogen and oxygen atoms in total. The maximum atomic E-state index is 9.28. The summed E-state index contributed by atoms with van der Waals surface area (Å²) < 4.78 is 0. The van der Waals surface area contributed by atoms with Gasteiger partial charge in [0.2, 0.25) is 0 Å². The van der Waals surface area contributed by atoms with Crippen molar-refractivity contribution in [2.45, 2.75) is 25.5 Å². The lowest BCUT2D eigenvalue weighted by Crippen LogP contribution is -2.32.